The molecule has 3 atom stereocenters. The quantitative estimate of drug-likeness (QED) is 0.900. The summed E-state index contributed by atoms with van der Waals surface area (Å²) in [5.74, 6) is 0. The molecule has 4 heteroatoms. The van der Waals surface area contributed by atoms with Gasteiger partial charge >= 0.3 is 0 Å². The highest BCUT2D eigenvalue weighted by molar-refractivity contribution is 7.86. The molecule has 1 aliphatic rings. The molecule has 1 aromatic rings. The Morgan fingerprint density at radius 2 is 1.89 bits per heavy atom. The number of ether oxygens (including phenoxy) is 1. The zero-order valence-corrected chi connectivity index (χ0v) is 12.5. The average molecular weight is 281 g/mol. The van der Waals surface area contributed by atoms with E-state index in [1.54, 1.807) is 0 Å². The Hall–Kier alpha value is -0.710. The molecule has 1 fully saturated rings. The van der Waals surface area contributed by atoms with Crippen LogP contribution in [0.15, 0.2) is 30.3 Å². The Labute approximate surface area is 118 Å². The predicted molar refractivity (Wildman–Crippen MR) is 79.7 cm³/mol. The van der Waals surface area contributed by atoms with Crippen molar-refractivity contribution in [2.75, 3.05) is 20.3 Å². The van der Waals surface area contributed by atoms with Gasteiger partial charge in [0.05, 0.1) is 5.25 Å². The molecule has 0 aromatic heterocycles. The van der Waals surface area contributed by atoms with Gasteiger partial charge in [0.25, 0.3) is 0 Å². The van der Waals surface area contributed by atoms with Crippen LogP contribution in [-0.4, -0.2) is 35.0 Å². The van der Waals surface area contributed by atoms with Gasteiger partial charge in [0.2, 0.25) is 0 Å². The van der Waals surface area contributed by atoms with Crippen LogP contribution in [0.4, 0.5) is 0 Å². The van der Waals surface area contributed by atoms with E-state index < -0.39 is 10.8 Å². The van der Waals surface area contributed by atoms with Crippen molar-refractivity contribution < 1.29 is 8.95 Å². The maximum atomic E-state index is 12.7. The molecule has 0 aliphatic carbocycles. The van der Waals surface area contributed by atoms with Gasteiger partial charge in [-0.25, -0.2) is 0 Å². The molecule has 0 saturated carbocycles. The van der Waals surface area contributed by atoms with Gasteiger partial charge in [-0.05, 0) is 32.4 Å². The van der Waals surface area contributed by atoms with Gasteiger partial charge < -0.3 is 10.1 Å². The standard InChI is InChI=1S/C15H23NO2S/c1-12(19(17)14-8-10-18-11-9-14)15(16-2)13-6-4-3-5-7-13/h3-7,12,14-16H,8-11H2,1-2H3. The fourth-order valence-corrected chi connectivity index (χ4v) is 4.50. The van der Waals surface area contributed by atoms with Crippen molar-refractivity contribution in [2.45, 2.75) is 36.3 Å². The highest BCUT2D eigenvalue weighted by Gasteiger charge is 2.29. The molecular formula is C15H23NO2S. The largest absolute Gasteiger partial charge is 0.381 e. The van der Waals surface area contributed by atoms with Gasteiger partial charge in [-0.1, -0.05) is 30.3 Å². The zero-order valence-electron chi connectivity index (χ0n) is 11.7. The van der Waals surface area contributed by atoms with Gasteiger partial charge in [0.1, 0.15) is 0 Å². The third kappa shape index (κ3) is 3.65. The smallest absolute Gasteiger partial charge is 0.0517 e. The summed E-state index contributed by atoms with van der Waals surface area (Å²) in [7, 11) is 1.12. The summed E-state index contributed by atoms with van der Waals surface area (Å²) in [6, 6.07) is 10.4. The van der Waals surface area contributed by atoms with E-state index in [0.29, 0.717) is 0 Å². The van der Waals surface area contributed by atoms with E-state index in [1.807, 2.05) is 25.2 Å². The molecule has 0 bridgehead atoms. The molecule has 3 nitrogen and oxygen atoms in total. The van der Waals surface area contributed by atoms with E-state index in [0.717, 1.165) is 26.1 Å². The molecule has 1 heterocycles. The first-order valence-corrected chi connectivity index (χ1v) is 8.21. The third-order valence-corrected chi connectivity index (χ3v) is 5.94. The normalized spacial score (nSPS) is 21.8. The number of hydrogen-bond donors (Lipinski definition) is 1. The van der Waals surface area contributed by atoms with Crippen LogP contribution in [0.5, 0.6) is 0 Å². The molecule has 1 saturated heterocycles. The number of rotatable bonds is 5. The minimum absolute atomic E-state index is 0.107. The predicted octanol–water partition coefficient (Wildman–Crippen LogP) is 2.26. The van der Waals surface area contributed by atoms with Gasteiger partial charge in [0, 0.05) is 35.3 Å². The second-order valence-corrected chi connectivity index (χ2v) is 7.09. The Kier molecular flexibility index (Phi) is 5.55. The molecule has 1 N–H and O–H groups in total. The van der Waals surface area contributed by atoms with Gasteiger partial charge in [-0.3, -0.25) is 4.21 Å². The van der Waals surface area contributed by atoms with Crippen molar-refractivity contribution in [1.82, 2.24) is 5.32 Å². The van der Waals surface area contributed by atoms with E-state index in [2.05, 4.69) is 24.4 Å². The van der Waals surface area contributed by atoms with Crippen molar-refractivity contribution >= 4 is 10.8 Å². The summed E-state index contributed by atoms with van der Waals surface area (Å²) in [5.41, 5.74) is 1.21. The van der Waals surface area contributed by atoms with Gasteiger partial charge in [0.15, 0.2) is 0 Å². The van der Waals surface area contributed by atoms with E-state index in [-0.39, 0.29) is 16.5 Å². The van der Waals surface area contributed by atoms with Crippen LogP contribution in [0.25, 0.3) is 0 Å². The Bertz CT molecular complexity index is 404. The van der Waals surface area contributed by atoms with Crippen LogP contribution in [0.2, 0.25) is 0 Å². The zero-order chi connectivity index (χ0) is 13.7. The first-order valence-electron chi connectivity index (χ1n) is 6.93. The maximum Gasteiger partial charge on any atom is 0.0517 e. The lowest BCUT2D eigenvalue weighted by Gasteiger charge is -2.29. The van der Waals surface area contributed by atoms with Crippen LogP contribution in [0.3, 0.4) is 0 Å². The lowest BCUT2D eigenvalue weighted by atomic mass is 10.0. The molecule has 106 valence electrons. The molecule has 0 amide bonds. The first kappa shape index (κ1) is 14.7. The molecule has 2 rings (SSSR count). The summed E-state index contributed by atoms with van der Waals surface area (Å²) < 4.78 is 18.0. The summed E-state index contributed by atoms with van der Waals surface area (Å²) in [6.07, 6.45) is 1.84. The molecule has 3 unspecified atom stereocenters. The highest BCUT2D eigenvalue weighted by atomic mass is 32.2. The third-order valence-electron chi connectivity index (χ3n) is 3.80. The molecule has 1 aromatic carbocycles. The number of nitrogens with one attached hydrogen (secondary N) is 1. The monoisotopic (exact) mass is 281 g/mol. The fourth-order valence-electron chi connectivity index (χ4n) is 2.68. The second-order valence-electron chi connectivity index (χ2n) is 5.02. The lowest BCUT2D eigenvalue weighted by Crippen LogP contribution is -2.37. The Morgan fingerprint density at radius 1 is 1.26 bits per heavy atom. The van der Waals surface area contributed by atoms with Crippen LogP contribution in [-0.2, 0) is 15.5 Å². The van der Waals surface area contributed by atoms with E-state index >= 15 is 0 Å². The summed E-state index contributed by atoms with van der Waals surface area (Å²) >= 11 is 0. The summed E-state index contributed by atoms with van der Waals surface area (Å²) in [5, 5.41) is 3.70. The van der Waals surface area contributed by atoms with Crippen LogP contribution in [0, 0.1) is 0 Å². The summed E-state index contributed by atoms with van der Waals surface area (Å²) in [4.78, 5) is 0. The minimum Gasteiger partial charge on any atom is -0.381 e. The van der Waals surface area contributed by atoms with Crippen LogP contribution in [0.1, 0.15) is 31.4 Å². The van der Waals surface area contributed by atoms with Crippen molar-refractivity contribution in [3.05, 3.63) is 35.9 Å². The van der Waals surface area contributed by atoms with Crippen molar-refractivity contribution in [3.8, 4) is 0 Å². The van der Waals surface area contributed by atoms with Crippen LogP contribution >= 0.6 is 0 Å². The van der Waals surface area contributed by atoms with E-state index in [4.69, 9.17) is 4.74 Å². The molecular weight excluding hydrogens is 258 g/mol. The SMILES string of the molecule is CNC(c1ccccc1)C(C)S(=O)C1CCOCC1. The molecule has 0 spiro atoms. The second kappa shape index (κ2) is 7.17. The van der Waals surface area contributed by atoms with Crippen molar-refractivity contribution in [1.29, 1.82) is 0 Å². The van der Waals surface area contributed by atoms with Crippen molar-refractivity contribution in [2.24, 2.45) is 0 Å². The number of hydrogen-bond acceptors (Lipinski definition) is 3. The highest BCUT2D eigenvalue weighted by Crippen LogP contribution is 2.25. The van der Waals surface area contributed by atoms with Gasteiger partial charge in [-0.15, -0.1) is 0 Å². The van der Waals surface area contributed by atoms with Gasteiger partial charge in [-0.2, -0.15) is 0 Å². The Morgan fingerprint density at radius 3 is 2.47 bits per heavy atom. The van der Waals surface area contributed by atoms with E-state index in [9.17, 15) is 4.21 Å². The Balaban J connectivity index is 2.07. The first-order chi connectivity index (χ1) is 9.24. The lowest BCUT2D eigenvalue weighted by molar-refractivity contribution is 0.0990. The minimum atomic E-state index is -0.824. The van der Waals surface area contributed by atoms with Crippen molar-refractivity contribution in [3.63, 3.8) is 0 Å². The molecule has 0 radical (unpaired) electrons. The fraction of sp³-hybridized carbons (Fsp3) is 0.600. The molecule has 19 heavy (non-hydrogen) atoms. The topological polar surface area (TPSA) is 38.3 Å². The molecule has 1 aliphatic heterocycles. The van der Waals surface area contributed by atoms with E-state index in [1.165, 1.54) is 5.56 Å². The summed E-state index contributed by atoms with van der Waals surface area (Å²) in [6.45, 7) is 3.58. The maximum absolute atomic E-state index is 12.7. The van der Waals surface area contributed by atoms with Crippen LogP contribution < -0.4 is 5.32 Å². The number of benzene rings is 1. The average Bonchev–Trinajstić information content (AvgIpc) is 2.49.